The standard InChI is InChI=1S/C13H23N3O2S/c1-3-14-8-12-6-13(9-15-12)19(17,18)16-7-10(2)11-4-5-11/h6,9-11,14-16H,3-5,7-8H2,1-2H3. The Labute approximate surface area is 115 Å². The van der Waals surface area contributed by atoms with E-state index < -0.39 is 10.0 Å². The number of H-pyrrole nitrogens is 1. The minimum absolute atomic E-state index is 0.323. The number of aromatic amines is 1. The zero-order valence-corrected chi connectivity index (χ0v) is 12.4. The molecule has 0 saturated heterocycles. The van der Waals surface area contributed by atoms with Crippen LogP contribution in [0.4, 0.5) is 0 Å². The third-order valence-corrected chi connectivity index (χ3v) is 5.02. The molecule has 1 aliphatic carbocycles. The second-order valence-electron chi connectivity index (χ2n) is 5.31. The number of aromatic nitrogens is 1. The van der Waals surface area contributed by atoms with Gasteiger partial charge in [-0.2, -0.15) is 0 Å². The van der Waals surface area contributed by atoms with E-state index in [2.05, 4.69) is 21.9 Å². The number of hydrogen-bond acceptors (Lipinski definition) is 3. The molecular weight excluding hydrogens is 262 g/mol. The summed E-state index contributed by atoms with van der Waals surface area (Å²) < 4.78 is 26.9. The van der Waals surface area contributed by atoms with Gasteiger partial charge in [0.1, 0.15) is 0 Å². The van der Waals surface area contributed by atoms with Gasteiger partial charge >= 0.3 is 0 Å². The van der Waals surface area contributed by atoms with Crippen molar-refractivity contribution in [2.24, 2.45) is 11.8 Å². The summed E-state index contributed by atoms with van der Waals surface area (Å²) in [5.74, 6) is 1.13. The minimum Gasteiger partial charge on any atom is -0.363 e. The molecule has 0 radical (unpaired) electrons. The first kappa shape index (κ1) is 14.6. The second-order valence-corrected chi connectivity index (χ2v) is 7.07. The zero-order chi connectivity index (χ0) is 13.9. The number of sulfonamides is 1. The normalized spacial score (nSPS) is 17.6. The van der Waals surface area contributed by atoms with E-state index in [1.807, 2.05) is 6.92 Å². The highest BCUT2D eigenvalue weighted by molar-refractivity contribution is 7.89. The SMILES string of the molecule is CCNCc1cc(S(=O)(=O)NCC(C)C2CC2)c[nH]1. The highest BCUT2D eigenvalue weighted by atomic mass is 32.2. The van der Waals surface area contributed by atoms with E-state index in [1.54, 1.807) is 12.3 Å². The maximum atomic E-state index is 12.1. The van der Waals surface area contributed by atoms with Crippen LogP contribution in [0.15, 0.2) is 17.2 Å². The predicted molar refractivity (Wildman–Crippen MR) is 75.2 cm³/mol. The van der Waals surface area contributed by atoms with E-state index in [0.29, 0.717) is 29.8 Å². The molecule has 1 saturated carbocycles. The third-order valence-electron chi connectivity index (χ3n) is 3.61. The van der Waals surface area contributed by atoms with Crippen molar-refractivity contribution in [1.29, 1.82) is 0 Å². The summed E-state index contributed by atoms with van der Waals surface area (Å²) in [6.45, 7) is 6.17. The molecule has 1 unspecified atom stereocenters. The average Bonchev–Trinajstić information content (AvgIpc) is 3.12. The average molecular weight is 285 g/mol. The largest absolute Gasteiger partial charge is 0.363 e. The monoisotopic (exact) mass is 285 g/mol. The van der Waals surface area contributed by atoms with Gasteiger partial charge in [0.15, 0.2) is 0 Å². The lowest BCUT2D eigenvalue weighted by atomic mass is 10.1. The summed E-state index contributed by atoms with van der Waals surface area (Å²) in [6.07, 6.45) is 4.02. The van der Waals surface area contributed by atoms with Crippen LogP contribution < -0.4 is 10.0 Å². The molecule has 1 aliphatic rings. The van der Waals surface area contributed by atoms with Crippen LogP contribution >= 0.6 is 0 Å². The van der Waals surface area contributed by atoms with Crippen molar-refractivity contribution in [3.63, 3.8) is 0 Å². The molecule has 1 heterocycles. The quantitative estimate of drug-likeness (QED) is 0.677. The highest BCUT2D eigenvalue weighted by Gasteiger charge is 2.28. The van der Waals surface area contributed by atoms with Crippen LogP contribution in [-0.4, -0.2) is 26.5 Å². The lowest BCUT2D eigenvalue weighted by Gasteiger charge is -2.10. The molecule has 19 heavy (non-hydrogen) atoms. The van der Waals surface area contributed by atoms with Gasteiger partial charge in [-0.3, -0.25) is 0 Å². The fourth-order valence-electron chi connectivity index (χ4n) is 2.09. The summed E-state index contributed by atoms with van der Waals surface area (Å²) in [5, 5.41) is 3.16. The second kappa shape index (κ2) is 6.07. The Bertz CT molecular complexity index is 506. The topological polar surface area (TPSA) is 74.0 Å². The fraction of sp³-hybridized carbons (Fsp3) is 0.692. The summed E-state index contributed by atoms with van der Waals surface area (Å²) in [7, 11) is -3.37. The minimum atomic E-state index is -3.37. The smallest absolute Gasteiger partial charge is 0.242 e. The van der Waals surface area contributed by atoms with E-state index in [0.717, 1.165) is 12.2 Å². The highest BCUT2D eigenvalue weighted by Crippen LogP contribution is 2.36. The van der Waals surface area contributed by atoms with Gasteiger partial charge in [-0.1, -0.05) is 13.8 Å². The van der Waals surface area contributed by atoms with E-state index >= 15 is 0 Å². The van der Waals surface area contributed by atoms with Crippen LogP contribution in [0, 0.1) is 11.8 Å². The van der Waals surface area contributed by atoms with E-state index in [9.17, 15) is 8.42 Å². The Balaban J connectivity index is 1.92. The first-order valence-electron chi connectivity index (χ1n) is 6.90. The van der Waals surface area contributed by atoms with Gasteiger partial charge in [-0.25, -0.2) is 13.1 Å². The lowest BCUT2D eigenvalue weighted by molar-refractivity contribution is 0.492. The van der Waals surface area contributed by atoms with Gasteiger partial charge in [-0.15, -0.1) is 0 Å². The molecule has 0 amide bonds. The first-order valence-corrected chi connectivity index (χ1v) is 8.39. The van der Waals surface area contributed by atoms with Crippen molar-refractivity contribution in [2.45, 2.75) is 38.1 Å². The molecule has 0 spiro atoms. The molecule has 0 aliphatic heterocycles. The lowest BCUT2D eigenvalue weighted by Crippen LogP contribution is -2.28. The third kappa shape index (κ3) is 4.06. The summed E-state index contributed by atoms with van der Waals surface area (Å²) in [6, 6.07) is 1.69. The van der Waals surface area contributed by atoms with Crippen molar-refractivity contribution in [2.75, 3.05) is 13.1 Å². The van der Waals surface area contributed by atoms with Gasteiger partial charge in [0.05, 0.1) is 4.90 Å². The molecule has 6 heteroatoms. The molecule has 0 aromatic carbocycles. The molecule has 3 N–H and O–H groups in total. The fourth-order valence-corrected chi connectivity index (χ4v) is 3.25. The van der Waals surface area contributed by atoms with Gasteiger partial charge in [0.25, 0.3) is 0 Å². The molecular formula is C13H23N3O2S. The van der Waals surface area contributed by atoms with Gasteiger partial charge in [0, 0.05) is 25.0 Å². The van der Waals surface area contributed by atoms with Crippen LogP contribution in [0.25, 0.3) is 0 Å². The zero-order valence-electron chi connectivity index (χ0n) is 11.6. The molecule has 1 fully saturated rings. The number of rotatable bonds is 8. The Morgan fingerprint density at radius 1 is 1.47 bits per heavy atom. The maximum Gasteiger partial charge on any atom is 0.242 e. The van der Waals surface area contributed by atoms with E-state index in [4.69, 9.17) is 0 Å². The first-order chi connectivity index (χ1) is 9.03. The molecule has 5 nitrogen and oxygen atoms in total. The molecule has 1 aromatic heterocycles. The number of nitrogens with one attached hydrogen (secondary N) is 3. The van der Waals surface area contributed by atoms with Gasteiger partial charge in [0.2, 0.25) is 10.0 Å². The Hall–Kier alpha value is -0.850. The van der Waals surface area contributed by atoms with Crippen molar-refractivity contribution < 1.29 is 8.42 Å². The molecule has 0 bridgehead atoms. The Morgan fingerprint density at radius 3 is 2.84 bits per heavy atom. The summed E-state index contributed by atoms with van der Waals surface area (Å²) >= 11 is 0. The Kier molecular flexibility index (Phi) is 4.65. The summed E-state index contributed by atoms with van der Waals surface area (Å²) in [5.41, 5.74) is 0.887. The van der Waals surface area contributed by atoms with E-state index in [1.165, 1.54) is 12.8 Å². The van der Waals surface area contributed by atoms with Crippen LogP contribution in [0.2, 0.25) is 0 Å². The molecule has 1 atom stereocenters. The Morgan fingerprint density at radius 2 is 2.21 bits per heavy atom. The van der Waals surface area contributed by atoms with Crippen molar-refractivity contribution in [3.8, 4) is 0 Å². The van der Waals surface area contributed by atoms with Crippen molar-refractivity contribution >= 4 is 10.0 Å². The van der Waals surface area contributed by atoms with Gasteiger partial charge < -0.3 is 10.3 Å². The van der Waals surface area contributed by atoms with Crippen LogP contribution in [-0.2, 0) is 16.6 Å². The van der Waals surface area contributed by atoms with Crippen LogP contribution in [0.3, 0.4) is 0 Å². The van der Waals surface area contributed by atoms with Gasteiger partial charge in [-0.05, 0) is 37.3 Å². The van der Waals surface area contributed by atoms with Crippen LogP contribution in [0.5, 0.6) is 0 Å². The predicted octanol–water partition coefficient (Wildman–Crippen LogP) is 1.45. The van der Waals surface area contributed by atoms with Crippen molar-refractivity contribution in [1.82, 2.24) is 15.0 Å². The number of hydrogen-bond donors (Lipinski definition) is 3. The van der Waals surface area contributed by atoms with Crippen molar-refractivity contribution in [3.05, 3.63) is 18.0 Å². The molecule has 1 aromatic rings. The summed E-state index contributed by atoms with van der Waals surface area (Å²) in [4.78, 5) is 3.31. The van der Waals surface area contributed by atoms with Crippen LogP contribution in [0.1, 0.15) is 32.4 Å². The maximum absolute atomic E-state index is 12.1. The molecule has 2 rings (SSSR count). The van der Waals surface area contributed by atoms with E-state index in [-0.39, 0.29) is 0 Å². The molecule has 108 valence electrons.